The van der Waals surface area contributed by atoms with E-state index in [-0.39, 0.29) is 18.4 Å². The molecule has 3 rings (SSSR count). The van der Waals surface area contributed by atoms with Crippen molar-refractivity contribution in [3.05, 3.63) is 39.2 Å². The highest BCUT2D eigenvalue weighted by molar-refractivity contribution is 7.23. The van der Waals surface area contributed by atoms with Gasteiger partial charge in [-0.2, -0.15) is 0 Å². The van der Waals surface area contributed by atoms with Crippen LogP contribution >= 0.6 is 46.7 Å². The van der Waals surface area contributed by atoms with E-state index in [1.54, 1.807) is 28.7 Å². The van der Waals surface area contributed by atoms with E-state index >= 15 is 0 Å². The Bertz CT molecular complexity index is 815. The summed E-state index contributed by atoms with van der Waals surface area (Å²) in [4.78, 5) is 8.07. The van der Waals surface area contributed by atoms with Crippen LogP contribution in [0.3, 0.4) is 0 Å². The lowest BCUT2D eigenvalue weighted by molar-refractivity contribution is 0.682. The molecule has 0 fully saturated rings. The number of nitrogen functional groups attached to an aromatic ring is 1. The highest BCUT2D eigenvalue weighted by Gasteiger charge is 2.19. The molecule has 4 nitrogen and oxygen atoms in total. The van der Waals surface area contributed by atoms with Crippen LogP contribution in [0.25, 0.3) is 10.2 Å². The number of fused-ring (bicyclic) bond motifs is 1. The van der Waals surface area contributed by atoms with Crippen molar-refractivity contribution in [3.63, 3.8) is 0 Å². The van der Waals surface area contributed by atoms with Crippen LogP contribution < -0.4 is 16.4 Å². The molecule has 1 atom stereocenters. The van der Waals surface area contributed by atoms with Crippen LogP contribution in [-0.2, 0) is 6.54 Å². The van der Waals surface area contributed by atoms with Crippen LogP contribution in [-0.4, -0.2) is 17.6 Å². The van der Waals surface area contributed by atoms with Gasteiger partial charge in [-0.15, -0.1) is 35.1 Å². The van der Waals surface area contributed by atoms with E-state index in [1.165, 1.54) is 4.88 Å². The number of nitrogens with zero attached hydrogens (tertiary/aromatic N) is 2. The highest BCUT2D eigenvalue weighted by Crippen LogP contribution is 2.41. The molecular formula is C16H20Cl2N4S2. The fourth-order valence-electron chi connectivity index (χ4n) is 2.62. The molecule has 0 amide bonds. The average molecular weight is 403 g/mol. The molecule has 0 aliphatic carbocycles. The Morgan fingerprint density at radius 1 is 1.42 bits per heavy atom. The van der Waals surface area contributed by atoms with Gasteiger partial charge in [-0.1, -0.05) is 17.7 Å². The topological polar surface area (TPSA) is 68.2 Å². The maximum atomic E-state index is 6.12. The maximum absolute atomic E-state index is 6.12. The maximum Gasteiger partial charge on any atom is 0.131 e. The molecule has 0 aliphatic heterocycles. The van der Waals surface area contributed by atoms with Crippen LogP contribution in [0.1, 0.15) is 17.4 Å². The molecule has 4 N–H and O–H groups in total. The first-order valence-corrected chi connectivity index (χ1v) is 9.41. The van der Waals surface area contributed by atoms with E-state index in [2.05, 4.69) is 34.3 Å². The predicted octanol–water partition coefficient (Wildman–Crippen LogP) is 4.68. The summed E-state index contributed by atoms with van der Waals surface area (Å²) >= 11 is 9.48. The minimum absolute atomic E-state index is 0. The molecule has 3 aromatic rings. The van der Waals surface area contributed by atoms with Gasteiger partial charge in [-0.05, 0) is 31.4 Å². The van der Waals surface area contributed by atoms with E-state index in [4.69, 9.17) is 23.1 Å². The van der Waals surface area contributed by atoms with E-state index in [0.717, 1.165) is 33.9 Å². The van der Waals surface area contributed by atoms with E-state index in [1.807, 2.05) is 6.92 Å². The molecule has 0 aliphatic rings. The first-order chi connectivity index (χ1) is 11.0. The molecule has 3 heterocycles. The number of aromatic nitrogens is 1. The van der Waals surface area contributed by atoms with Gasteiger partial charge in [-0.3, -0.25) is 0 Å². The summed E-state index contributed by atoms with van der Waals surface area (Å²) in [6.45, 7) is 5.70. The Kier molecular flexibility index (Phi) is 6.33. The molecule has 0 saturated carbocycles. The van der Waals surface area contributed by atoms with Gasteiger partial charge in [0.25, 0.3) is 0 Å². The Morgan fingerprint density at radius 2 is 2.17 bits per heavy atom. The predicted molar refractivity (Wildman–Crippen MR) is 110 cm³/mol. The van der Waals surface area contributed by atoms with Crippen molar-refractivity contribution < 1.29 is 0 Å². The average Bonchev–Trinajstić information content (AvgIpc) is 3.07. The zero-order valence-electron chi connectivity index (χ0n) is 13.5. The van der Waals surface area contributed by atoms with Gasteiger partial charge in [0, 0.05) is 23.0 Å². The van der Waals surface area contributed by atoms with Crippen LogP contribution in [0.2, 0.25) is 5.15 Å². The van der Waals surface area contributed by atoms with Crippen molar-refractivity contribution in [1.29, 1.82) is 0 Å². The number of pyridine rings is 1. The minimum atomic E-state index is 0. The molecular weight excluding hydrogens is 383 g/mol. The monoisotopic (exact) mass is 402 g/mol. The fourth-order valence-corrected chi connectivity index (χ4v) is 4.72. The summed E-state index contributed by atoms with van der Waals surface area (Å²) in [7, 11) is 0. The summed E-state index contributed by atoms with van der Waals surface area (Å²) in [6, 6.07) is 6.00. The Balaban J connectivity index is 0.00000208. The standard InChI is InChI=1S/C16H19ClN4S2.ClH/c1-9(18)7-21(8-11-4-3-5-22-11)16-10(2)14-15(23-16)12(19)6-13(17)20-14;/h3-6,9H,7-8,18H2,1-2H3,(H2,19,20);1H/t9-;/m1./s1. The number of anilines is 2. The van der Waals surface area contributed by atoms with Crippen LogP contribution in [0.4, 0.5) is 10.7 Å². The number of hydrogen-bond donors (Lipinski definition) is 2. The highest BCUT2D eigenvalue weighted by atomic mass is 35.5. The lowest BCUT2D eigenvalue weighted by Crippen LogP contribution is -2.35. The molecule has 130 valence electrons. The minimum Gasteiger partial charge on any atom is -0.397 e. The molecule has 0 bridgehead atoms. The molecule has 24 heavy (non-hydrogen) atoms. The smallest absolute Gasteiger partial charge is 0.131 e. The molecule has 0 saturated heterocycles. The van der Waals surface area contributed by atoms with Crippen molar-refractivity contribution in [2.45, 2.75) is 26.4 Å². The van der Waals surface area contributed by atoms with Gasteiger partial charge in [0.05, 0.1) is 27.4 Å². The van der Waals surface area contributed by atoms with Crippen LogP contribution in [0, 0.1) is 6.92 Å². The molecule has 0 unspecified atom stereocenters. The normalized spacial score (nSPS) is 12.2. The number of hydrogen-bond acceptors (Lipinski definition) is 6. The summed E-state index contributed by atoms with van der Waals surface area (Å²) in [5, 5.41) is 3.68. The zero-order chi connectivity index (χ0) is 16.6. The summed E-state index contributed by atoms with van der Waals surface area (Å²) in [5.74, 6) is 0. The third-order valence-electron chi connectivity index (χ3n) is 3.57. The van der Waals surface area contributed by atoms with E-state index in [9.17, 15) is 0 Å². The van der Waals surface area contributed by atoms with Gasteiger partial charge in [0.15, 0.2) is 0 Å². The number of aryl methyl sites for hydroxylation is 1. The van der Waals surface area contributed by atoms with Crippen molar-refractivity contribution in [3.8, 4) is 0 Å². The van der Waals surface area contributed by atoms with Gasteiger partial charge in [0.1, 0.15) is 5.15 Å². The zero-order valence-corrected chi connectivity index (χ0v) is 16.7. The largest absolute Gasteiger partial charge is 0.397 e. The van der Waals surface area contributed by atoms with Gasteiger partial charge >= 0.3 is 0 Å². The second kappa shape index (κ2) is 7.89. The second-order valence-corrected chi connectivity index (χ2v) is 8.10. The SMILES string of the molecule is Cc1c(N(Cc2cccs2)C[C@@H](C)N)sc2c(N)cc(Cl)nc12.Cl. The van der Waals surface area contributed by atoms with Crippen LogP contribution in [0.5, 0.6) is 0 Å². The van der Waals surface area contributed by atoms with Crippen molar-refractivity contribution in [2.75, 3.05) is 17.2 Å². The van der Waals surface area contributed by atoms with Gasteiger partial charge in [0.2, 0.25) is 0 Å². The van der Waals surface area contributed by atoms with E-state index < -0.39 is 0 Å². The lowest BCUT2D eigenvalue weighted by atomic mass is 10.2. The number of thiophene rings is 2. The second-order valence-electron chi connectivity index (χ2n) is 5.68. The van der Waals surface area contributed by atoms with Crippen molar-refractivity contribution in [2.24, 2.45) is 5.73 Å². The quantitative estimate of drug-likeness (QED) is 0.607. The summed E-state index contributed by atoms with van der Waals surface area (Å²) in [5.41, 5.74) is 14.9. The van der Waals surface area contributed by atoms with Crippen molar-refractivity contribution >= 4 is 67.6 Å². The number of rotatable bonds is 5. The van der Waals surface area contributed by atoms with E-state index in [0.29, 0.717) is 10.8 Å². The third-order valence-corrected chi connectivity index (χ3v) is 6.01. The number of halogens is 2. The number of nitrogens with two attached hydrogens (primary N) is 2. The Hall–Kier alpha value is -1.05. The molecule has 0 radical (unpaired) electrons. The van der Waals surface area contributed by atoms with Crippen LogP contribution in [0.15, 0.2) is 23.6 Å². The fraction of sp³-hybridized carbons (Fsp3) is 0.312. The van der Waals surface area contributed by atoms with Gasteiger partial charge in [-0.25, -0.2) is 4.98 Å². The Morgan fingerprint density at radius 3 is 2.79 bits per heavy atom. The summed E-state index contributed by atoms with van der Waals surface area (Å²) in [6.07, 6.45) is 0. The van der Waals surface area contributed by atoms with Crippen molar-refractivity contribution in [1.82, 2.24) is 4.98 Å². The first kappa shape index (κ1) is 19.3. The molecule has 0 aromatic carbocycles. The molecule has 0 spiro atoms. The van der Waals surface area contributed by atoms with Gasteiger partial charge < -0.3 is 16.4 Å². The third kappa shape index (κ3) is 3.95. The summed E-state index contributed by atoms with van der Waals surface area (Å²) < 4.78 is 0.989. The molecule has 8 heteroatoms. The first-order valence-electron chi connectivity index (χ1n) is 7.33. The Labute approximate surface area is 160 Å². The molecule has 3 aromatic heterocycles. The lowest BCUT2D eigenvalue weighted by Gasteiger charge is -2.25.